The molecule has 4 heteroatoms. The number of thiazole rings is 1. The monoisotopic (exact) mass is 259 g/mol. The SMILES string of the molecule is SCC1(CSc2nccs2)CCCCC1. The highest BCUT2D eigenvalue weighted by molar-refractivity contribution is 8.01. The summed E-state index contributed by atoms with van der Waals surface area (Å²) in [7, 11) is 0. The van der Waals surface area contributed by atoms with E-state index in [4.69, 9.17) is 0 Å². The second-order valence-electron chi connectivity index (χ2n) is 4.31. The average Bonchev–Trinajstić information content (AvgIpc) is 2.81. The molecule has 2 rings (SSSR count). The smallest absolute Gasteiger partial charge is 0.149 e. The van der Waals surface area contributed by atoms with E-state index in [-0.39, 0.29) is 0 Å². The maximum Gasteiger partial charge on any atom is 0.149 e. The van der Waals surface area contributed by atoms with Crippen LogP contribution in [0.25, 0.3) is 0 Å². The van der Waals surface area contributed by atoms with Crippen molar-refractivity contribution in [3.63, 3.8) is 0 Å². The van der Waals surface area contributed by atoms with E-state index < -0.39 is 0 Å². The molecular formula is C11H17NS3. The molecule has 1 heterocycles. The van der Waals surface area contributed by atoms with Crippen molar-refractivity contribution in [3.8, 4) is 0 Å². The van der Waals surface area contributed by atoms with Crippen molar-refractivity contribution in [2.75, 3.05) is 11.5 Å². The van der Waals surface area contributed by atoms with Gasteiger partial charge in [0.05, 0.1) is 0 Å². The summed E-state index contributed by atoms with van der Waals surface area (Å²) in [4.78, 5) is 4.32. The van der Waals surface area contributed by atoms with Gasteiger partial charge in [-0.05, 0) is 24.0 Å². The summed E-state index contributed by atoms with van der Waals surface area (Å²) in [6, 6.07) is 0. The van der Waals surface area contributed by atoms with Crippen LogP contribution in [-0.4, -0.2) is 16.5 Å². The molecule has 1 nitrogen and oxygen atoms in total. The van der Waals surface area contributed by atoms with Gasteiger partial charge in [0.1, 0.15) is 4.34 Å². The number of nitrogens with zero attached hydrogens (tertiary/aromatic N) is 1. The van der Waals surface area contributed by atoms with E-state index in [9.17, 15) is 0 Å². The highest BCUT2D eigenvalue weighted by Crippen LogP contribution is 2.41. The van der Waals surface area contributed by atoms with Gasteiger partial charge < -0.3 is 0 Å². The molecule has 84 valence electrons. The van der Waals surface area contributed by atoms with Crippen molar-refractivity contribution in [1.82, 2.24) is 4.98 Å². The first-order valence-corrected chi connectivity index (χ1v) is 7.98. The lowest BCUT2D eigenvalue weighted by Crippen LogP contribution is -2.28. The molecule has 1 fully saturated rings. The predicted octanol–water partition coefficient (Wildman–Crippen LogP) is 4.12. The van der Waals surface area contributed by atoms with Crippen LogP contribution in [0.1, 0.15) is 32.1 Å². The van der Waals surface area contributed by atoms with Crippen LogP contribution >= 0.6 is 35.7 Å². The van der Waals surface area contributed by atoms with Gasteiger partial charge in [0.15, 0.2) is 0 Å². The molecule has 1 aromatic rings. The molecule has 0 unspecified atom stereocenters. The lowest BCUT2D eigenvalue weighted by molar-refractivity contribution is 0.259. The number of rotatable bonds is 4. The average molecular weight is 259 g/mol. The van der Waals surface area contributed by atoms with Gasteiger partial charge in [0.25, 0.3) is 0 Å². The second-order valence-corrected chi connectivity index (χ2v) is 6.74. The zero-order valence-electron chi connectivity index (χ0n) is 8.82. The van der Waals surface area contributed by atoms with E-state index in [2.05, 4.69) is 23.0 Å². The van der Waals surface area contributed by atoms with Gasteiger partial charge in [-0.15, -0.1) is 11.3 Å². The first-order chi connectivity index (χ1) is 7.35. The lowest BCUT2D eigenvalue weighted by atomic mass is 9.77. The number of thioether (sulfide) groups is 1. The van der Waals surface area contributed by atoms with Crippen LogP contribution in [0.2, 0.25) is 0 Å². The molecule has 1 aliphatic carbocycles. The van der Waals surface area contributed by atoms with Gasteiger partial charge in [-0.2, -0.15) is 12.6 Å². The van der Waals surface area contributed by atoms with Crippen molar-refractivity contribution in [1.29, 1.82) is 0 Å². The van der Waals surface area contributed by atoms with Gasteiger partial charge in [-0.1, -0.05) is 31.0 Å². The zero-order chi connectivity index (χ0) is 10.6. The first-order valence-electron chi connectivity index (χ1n) is 5.48. The van der Waals surface area contributed by atoms with Crippen molar-refractivity contribution in [3.05, 3.63) is 11.6 Å². The number of hydrogen-bond donors (Lipinski definition) is 1. The van der Waals surface area contributed by atoms with Crippen LogP contribution in [0.4, 0.5) is 0 Å². The highest BCUT2D eigenvalue weighted by Gasteiger charge is 2.30. The minimum Gasteiger partial charge on any atom is -0.238 e. The van der Waals surface area contributed by atoms with Crippen molar-refractivity contribution < 1.29 is 0 Å². The Hall–Kier alpha value is 0.330. The Morgan fingerprint density at radius 2 is 2.20 bits per heavy atom. The second kappa shape index (κ2) is 5.60. The molecule has 1 aliphatic rings. The van der Waals surface area contributed by atoms with E-state index in [0.29, 0.717) is 5.41 Å². The van der Waals surface area contributed by atoms with E-state index in [1.54, 1.807) is 11.3 Å². The fraction of sp³-hybridized carbons (Fsp3) is 0.727. The molecule has 0 amide bonds. The Morgan fingerprint density at radius 3 is 2.80 bits per heavy atom. The largest absolute Gasteiger partial charge is 0.238 e. The Kier molecular flexibility index (Phi) is 4.40. The van der Waals surface area contributed by atoms with Gasteiger partial charge in [-0.3, -0.25) is 0 Å². The van der Waals surface area contributed by atoms with Crippen LogP contribution in [0, 0.1) is 5.41 Å². The van der Waals surface area contributed by atoms with Crippen LogP contribution < -0.4 is 0 Å². The molecule has 1 saturated carbocycles. The molecule has 0 aromatic carbocycles. The minimum absolute atomic E-state index is 0.484. The lowest BCUT2D eigenvalue weighted by Gasteiger charge is -2.35. The topological polar surface area (TPSA) is 12.9 Å². The number of hydrogen-bond acceptors (Lipinski definition) is 4. The fourth-order valence-electron chi connectivity index (χ4n) is 2.15. The van der Waals surface area contributed by atoms with Crippen molar-refractivity contribution >= 4 is 35.7 Å². The number of thiol groups is 1. The van der Waals surface area contributed by atoms with E-state index >= 15 is 0 Å². The molecule has 0 spiro atoms. The van der Waals surface area contributed by atoms with Crippen molar-refractivity contribution in [2.45, 2.75) is 36.4 Å². The molecule has 0 aliphatic heterocycles. The maximum atomic E-state index is 4.55. The summed E-state index contributed by atoms with van der Waals surface area (Å²) in [5.74, 6) is 2.23. The summed E-state index contributed by atoms with van der Waals surface area (Å²) in [5, 5.41) is 2.05. The quantitative estimate of drug-likeness (QED) is 0.645. The third-order valence-corrected chi connectivity index (χ3v) is 6.15. The summed E-state index contributed by atoms with van der Waals surface area (Å²) >= 11 is 8.21. The van der Waals surface area contributed by atoms with E-state index in [1.165, 1.54) is 42.2 Å². The molecule has 0 bridgehead atoms. The summed E-state index contributed by atoms with van der Waals surface area (Å²) in [6.07, 6.45) is 8.79. The summed E-state index contributed by atoms with van der Waals surface area (Å²) in [6.45, 7) is 0. The summed E-state index contributed by atoms with van der Waals surface area (Å²) < 4.78 is 1.21. The zero-order valence-corrected chi connectivity index (χ0v) is 11.3. The van der Waals surface area contributed by atoms with E-state index in [0.717, 1.165) is 5.75 Å². The van der Waals surface area contributed by atoms with Crippen molar-refractivity contribution in [2.24, 2.45) is 5.41 Å². The summed E-state index contributed by atoms with van der Waals surface area (Å²) in [5.41, 5.74) is 0.484. The normalized spacial score (nSPS) is 20.3. The van der Waals surface area contributed by atoms with Gasteiger partial charge in [-0.25, -0.2) is 4.98 Å². The van der Waals surface area contributed by atoms with Crippen LogP contribution in [0.5, 0.6) is 0 Å². The molecule has 0 N–H and O–H groups in total. The third-order valence-electron chi connectivity index (χ3n) is 3.16. The maximum absolute atomic E-state index is 4.55. The van der Waals surface area contributed by atoms with Gasteiger partial charge in [0.2, 0.25) is 0 Å². The molecule has 0 saturated heterocycles. The van der Waals surface area contributed by atoms with Gasteiger partial charge in [0, 0.05) is 17.3 Å². The Balaban J connectivity index is 1.89. The first kappa shape index (κ1) is 11.8. The Bertz CT molecular complexity index is 278. The predicted molar refractivity (Wildman–Crippen MR) is 72.2 cm³/mol. The van der Waals surface area contributed by atoms with Crippen LogP contribution in [0.15, 0.2) is 15.9 Å². The third kappa shape index (κ3) is 3.14. The molecule has 1 aromatic heterocycles. The van der Waals surface area contributed by atoms with E-state index in [1.807, 2.05) is 18.0 Å². The Morgan fingerprint density at radius 1 is 1.40 bits per heavy atom. The standard InChI is InChI=1S/C11H17NS3/c13-8-11(4-2-1-3-5-11)9-15-10-12-6-7-14-10/h6-7,13H,1-5,8-9H2. The molecule has 0 radical (unpaired) electrons. The number of aromatic nitrogens is 1. The van der Waals surface area contributed by atoms with Crippen LogP contribution in [-0.2, 0) is 0 Å². The highest BCUT2D eigenvalue weighted by atomic mass is 32.2. The molecular weight excluding hydrogens is 242 g/mol. The molecule has 0 atom stereocenters. The fourth-order valence-corrected chi connectivity index (χ4v) is 4.66. The Labute approximate surface area is 105 Å². The molecule has 15 heavy (non-hydrogen) atoms. The van der Waals surface area contributed by atoms with Crippen LogP contribution in [0.3, 0.4) is 0 Å². The minimum atomic E-state index is 0.484. The van der Waals surface area contributed by atoms with Gasteiger partial charge >= 0.3 is 0 Å².